The van der Waals surface area contributed by atoms with Crippen molar-refractivity contribution in [3.8, 4) is 5.75 Å². The highest BCUT2D eigenvalue weighted by Gasteiger charge is 2.62. The lowest BCUT2D eigenvalue weighted by Gasteiger charge is -2.59. The van der Waals surface area contributed by atoms with Gasteiger partial charge in [0.25, 0.3) is 0 Å². The highest BCUT2D eigenvalue weighted by atomic mass is 16.5. The fraction of sp³-hybridized carbons (Fsp3) is 0.632. The van der Waals surface area contributed by atoms with Gasteiger partial charge >= 0.3 is 0 Å². The van der Waals surface area contributed by atoms with E-state index in [4.69, 9.17) is 4.74 Å². The molecule has 0 N–H and O–H groups in total. The zero-order chi connectivity index (χ0) is 15.5. The van der Waals surface area contributed by atoms with Crippen LogP contribution in [0.2, 0.25) is 0 Å². The number of Topliss-reactive ketones (excluding diaryl/α,β-unsaturated/α-hetero) is 1. The van der Waals surface area contributed by atoms with Gasteiger partial charge in [0.15, 0.2) is 5.78 Å². The van der Waals surface area contributed by atoms with E-state index in [0.29, 0.717) is 24.3 Å². The van der Waals surface area contributed by atoms with E-state index in [2.05, 4.69) is 32.3 Å². The molecule has 1 aromatic carbocycles. The summed E-state index contributed by atoms with van der Waals surface area (Å²) in [6.07, 6.45) is 5.79. The first kappa shape index (κ1) is 14.3. The van der Waals surface area contributed by atoms with Gasteiger partial charge in [-0.05, 0) is 36.1 Å². The third kappa shape index (κ3) is 1.69. The van der Waals surface area contributed by atoms with Crippen LogP contribution < -0.4 is 4.74 Å². The topological polar surface area (TPSA) is 26.3 Å². The van der Waals surface area contributed by atoms with Crippen molar-refractivity contribution in [2.24, 2.45) is 5.92 Å². The predicted octanol–water partition coefficient (Wildman–Crippen LogP) is 2.71. The van der Waals surface area contributed by atoms with Crippen LogP contribution >= 0.6 is 0 Å². The van der Waals surface area contributed by atoms with Gasteiger partial charge in [-0.3, -0.25) is 4.79 Å². The molecule has 3 atom stereocenters. The van der Waals surface area contributed by atoms with Crippen molar-refractivity contribution in [3.05, 3.63) is 29.3 Å². The molecule has 1 aromatic rings. The maximum atomic E-state index is 13.3. The van der Waals surface area contributed by atoms with Gasteiger partial charge in [0.05, 0.1) is 32.7 Å². The van der Waals surface area contributed by atoms with Crippen LogP contribution in [0.4, 0.5) is 0 Å². The highest BCUT2D eigenvalue weighted by Crippen LogP contribution is 2.55. The van der Waals surface area contributed by atoms with Crippen molar-refractivity contribution in [1.82, 2.24) is 0 Å². The number of likely N-dealkylation sites (N-methyl/N-ethyl adjacent to an activating group) is 1. The predicted molar refractivity (Wildman–Crippen MR) is 86.1 cm³/mol. The quantitative estimate of drug-likeness (QED) is 0.746. The SMILES string of the molecule is COc1ccc2c(c1)[C@]13CCCC[C@H]1[C@H](C2)[N+](C)(C)CC3=O. The Morgan fingerprint density at radius 3 is 2.86 bits per heavy atom. The fourth-order valence-electron chi connectivity index (χ4n) is 5.56. The maximum absolute atomic E-state index is 13.3. The molecule has 3 aliphatic rings. The average molecular weight is 300 g/mol. The first-order valence-electron chi connectivity index (χ1n) is 8.52. The third-order valence-electron chi connectivity index (χ3n) is 6.61. The second-order valence-corrected chi connectivity index (χ2v) is 7.98. The van der Waals surface area contributed by atoms with Gasteiger partial charge in [-0.25, -0.2) is 0 Å². The number of benzene rings is 1. The summed E-state index contributed by atoms with van der Waals surface area (Å²) in [6.45, 7) is 0.678. The number of quaternary nitrogens is 1. The summed E-state index contributed by atoms with van der Waals surface area (Å²) in [5, 5.41) is 0. The van der Waals surface area contributed by atoms with E-state index < -0.39 is 0 Å². The number of methoxy groups -OCH3 is 1. The fourth-order valence-corrected chi connectivity index (χ4v) is 5.56. The summed E-state index contributed by atoms with van der Waals surface area (Å²) >= 11 is 0. The number of nitrogens with zero attached hydrogens (tertiary/aromatic N) is 1. The molecule has 22 heavy (non-hydrogen) atoms. The zero-order valence-corrected chi connectivity index (χ0v) is 13.9. The van der Waals surface area contributed by atoms with Gasteiger partial charge < -0.3 is 9.22 Å². The second-order valence-electron chi connectivity index (χ2n) is 7.98. The first-order valence-corrected chi connectivity index (χ1v) is 8.52. The minimum atomic E-state index is -0.223. The van der Waals surface area contributed by atoms with E-state index in [1.54, 1.807) is 7.11 Å². The van der Waals surface area contributed by atoms with Crippen molar-refractivity contribution < 1.29 is 14.0 Å². The molecule has 0 spiro atoms. The van der Waals surface area contributed by atoms with Crippen LogP contribution in [0.5, 0.6) is 5.75 Å². The van der Waals surface area contributed by atoms with Crippen molar-refractivity contribution in [1.29, 1.82) is 0 Å². The van der Waals surface area contributed by atoms with Crippen LogP contribution in [0.3, 0.4) is 0 Å². The molecule has 0 amide bonds. The number of fused-ring (bicyclic) bond motifs is 1. The number of piperidine rings is 1. The van der Waals surface area contributed by atoms with Crippen LogP contribution in [-0.2, 0) is 16.6 Å². The summed E-state index contributed by atoms with van der Waals surface area (Å²) in [5.74, 6) is 1.87. The molecule has 1 saturated heterocycles. The molecule has 2 bridgehead atoms. The second kappa shape index (κ2) is 4.58. The van der Waals surface area contributed by atoms with Crippen LogP contribution in [0.1, 0.15) is 36.8 Å². The molecule has 2 fully saturated rings. The van der Waals surface area contributed by atoms with E-state index in [1.165, 1.54) is 30.4 Å². The number of likely N-dealkylation sites (tertiary alicyclic amines) is 1. The lowest BCUT2D eigenvalue weighted by Crippen LogP contribution is -2.71. The largest absolute Gasteiger partial charge is 0.497 e. The molecule has 0 unspecified atom stereocenters. The Kier molecular flexibility index (Phi) is 2.96. The van der Waals surface area contributed by atoms with Crippen molar-refractivity contribution in [3.63, 3.8) is 0 Å². The number of rotatable bonds is 1. The monoisotopic (exact) mass is 300 g/mol. The van der Waals surface area contributed by atoms with Crippen molar-refractivity contribution in [2.45, 2.75) is 43.6 Å². The summed E-state index contributed by atoms with van der Waals surface area (Å²) in [5.41, 5.74) is 2.44. The van der Waals surface area contributed by atoms with Gasteiger partial charge in [-0.2, -0.15) is 0 Å². The number of ketones is 1. The van der Waals surface area contributed by atoms with Crippen LogP contribution in [0.25, 0.3) is 0 Å². The molecule has 0 radical (unpaired) electrons. The summed E-state index contributed by atoms with van der Waals surface area (Å²) in [6, 6.07) is 7.00. The zero-order valence-electron chi connectivity index (χ0n) is 13.9. The average Bonchev–Trinajstić information content (AvgIpc) is 2.51. The van der Waals surface area contributed by atoms with E-state index in [9.17, 15) is 4.79 Å². The first-order chi connectivity index (χ1) is 10.5. The van der Waals surface area contributed by atoms with Crippen molar-refractivity contribution >= 4 is 5.78 Å². The number of carbonyl (C=O) groups is 1. The standard InChI is InChI=1S/C19H26NO2/c1-20(2)12-18(21)19-9-5-4-6-15(19)17(20)10-13-7-8-14(22-3)11-16(13)19/h7-8,11,15,17H,4-6,9-10,12H2,1-3H3/q+1/t15-,17-,19-/m0/s1. The van der Waals surface area contributed by atoms with Crippen LogP contribution in [-0.4, -0.2) is 44.1 Å². The normalized spacial score (nSPS) is 35.5. The molecular formula is C19H26NO2+. The summed E-state index contributed by atoms with van der Waals surface area (Å²) in [7, 11) is 6.21. The lowest BCUT2D eigenvalue weighted by atomic mass is 9.51. The van der Waals surface area contributed by atoms with Gasteiger partial charge in [-0.15, -0.1) is 0 Å². The van der Waals surface area contributed by atoms with Gasteiger partial charge in [0, 0.05) is 12.3 Å². The minimum absolute atomic E-state index is 0.223. The Balaban J connectivity index is 1.96. The minimum Gasteiger partial charge on any atom is -0.497 e. The number of hydrogen-bond acceptors (Lipinski definition) is 2. The molecule has 1 heterocycles. The molecule has 0 aromatic heterocycles. The van der Waals surface area contributed by atoms with E-state index in [-0.39, 0.29) is 5.41 Å². The molecule has 1 saturated carbocycles. The van der Waals surface area contributed by atoms with E-state index in [0.717, 1.165) is 23.1 Å². The molecule has 118 valence electrons. The number of carbonyl (C=O) groups excluding carboxylic acids is 1. The Morgan fingerprint density at radius 2 is 2.09 bits per heavy atom. The van der Waals surface area contributed by atoms with Crippen LogP contribution in [0.15, 0.2) is 18.2 Å². The smallest absolute Gasteiger partial charge is 0.197 e. The van der Waals surface area contributed by atoms with Gasteiger partial charge in [-0.1, -0.05) is 18.9 Å². The molecule has 4 rings (SSSR count). The van der Waals surface area contributed by atoms with E-state index >= 15 is 0 Å². The lowest BCUT2D eigenvalue weighted by molar-refractivity contribution is -0.916. The number of ether oxygens (including phenoxy) is 1. The molecular weight excluding hydrogens is 274 g/mol. The Hall–Kier alpha value is -1.35. The van der Waals surface area contributed by atoms with Crippen molar-refractivity contribution in [2.75, 3.05) is 27.7 Å². The maximum Gasteiger partial charge on any atom is 0.197 e. The highest BCUT2D eigenvalue weighted by molar-refractivity contribution is 5.93. The third-order valence-corrected chi connectivity index (χ3v) is 6.61. The summed E-state index contributed by atoms with van der Waals surface area (Å²) < 4.78 is 6.31. The number of hydrogen-bond donors (Lipinski definition) is 0. The Labute approximate surface area is 132 Å². The van der Waals surface area contributed by atoms with Crippen LogP contribution in [0, 0.1) is 5.92 Å². The molecule has 2 aliphatic carbocycles. The van der Waals surface area contributed by atoms with Gasteiger partial charge in [0.2, 0.25) is 0 Å². The molecule has 3 nitrogen and oxygen atoms in total. The van der Waals surface area contributed by atoms with E-state index in [1.807, 2.05) is 0 Å². The molecule has 1 aliphatic heterocycles. The van der Waals surface area contributed by atoms with Gasteiger partial charge in [0.1, 0.15) is 12.3 Å². The summed E-state index contributed by atoms with van der Waals surface area (Å²) in [4.78, 5) is 13.3. The molecule has 3 heteroatoms. The Bertz CT molecular complexity index is 636. The Morgan fingerprint density at radius 1 is 1.27 bits per heavy atom.